The molecular formula is C21H29N5O2S. The fourth-order valence-corrected chi connectivity index (χ4v) is 4.01. The number of guanidine groups is 1. The van der Waals surface area contributed by atoms with Crippen LogP contribution in [-0.2, 0) is 0 Å². The normalized spacial score (nSPS) is 16.6. The minimum Gasteiger partial charge on any atom is -0.495 e. The number of benzene rings is 1. The number of nitrogens with zero attached hydrogens (tertiary/aromatic N) is 2. The van der Waals surface area contributed by atoms with E-state index in [1.54, 1.807) is 14.2 Å². The first-order valence-corrected chi connectivity index (χ1v) is 10.8. The van der Waals surface area contributed by atoms with E-state index in [9.17, 15) is 4.79 Å². The number of thiophene rings is 1. The van der Waals surface area contributed by atoms with Gasteiger partial charge in [0.05, 0.1) is 17.7 Å². The van der Waals surface area contributed by atoms with Gasteiger partial charge in [-0.15, -0.1) is 11.3 Å². The van der Waals surface area contributed by atoms with Gasteiger partial charge in [0.1, 0.15) is 5.75 Å². The third-order valence-electron chi connectivity index (χ3n) is 4.86. The molecule has 1 fully saturated rings. The number of ether oxygens (including phenoxy) is 1. The van der Waals surface area contributed by atoms with Crippen LogP contribution in [-0.4, -0.2) is 58.2 Å². The second kappa shape index (κ2) is 10.7. The molecule has 1 unspecified atom stereocenters. The van der Waals surface area contributed by atoms with Crippen LogP contribution in [0.2, 0.25) is 0 Å². The van der Waals surface area contributed by atoms with Crippen LogP contribution in [0.3, 0.4) is 0 Å². The highest BCUT2D eigenvalue weighted by molar-refractivity contribution is 7.12. The Hall–Kier alpha value is -2.74. The van der Waals surface area contributed by atoms with E-state index in [0.717, 1.165) is 54.7 Å². The lowest BCUT2D eigenvalue weighted by atomic mass is 10.2. The third-order valence-corrected chi connectivity index (χ3v) is 5.72. The predicted octanol–water partition coefficient (Wildman–Crippen LogP) is 2.32. The molecule has 0 spiro atoms. The van der Waals surface area contributed by atoms with Crippen molar-refractivity contribution in [2.24, 2.45) is 4.99 Å². The molecule has 1 saturated heterocycles. The minimum absolute atomic E-state index is 0.00936. The quantitative estimate of drug-likeness (QED) is 0.350. The Morgan fingerprint density at radius 3 is 2.83 bits per heavy atom. The molecule has 8 heteroatoms. The fraction of sp³-hybridized carbons (Fsp3) is 0.429. The Morgan fingerprint density at radius 2 is 2.07 bits per heavy atom. The molecule has 156 valence electrons. The molecule has 2 heterocycles. The number of hydrogen-bond acceptors (Lipinski definition) is 5. The lowest BCUT2D eigenvalue weighted by Gasteiger charge is -2.22. The number of hydrogen-bond donors (Lipinski definition) is 3. The number of methoxy groups -OCH3 is 1. The summed E-state index contributed by atoms with van der Waals surface area (Å²) in [6, 6.07) is 12.2. The van der Waals surface area contributed by atoms with Crippen molar-refractivity contribution in [1.82, 2.24) is 16.0 Å². The number of rotatable bonds is 8. The van der Waals surface area contributed by atoms with Crippen molar-refractivity contribution < 1.29 is 9.53 Å². The summed E-state index contributed by atoms with van der Waals surface area (Å²) in [5, 5.41) is 11.7. The van der Waals surface area contributed by atoms with Crippen molar-refractivity contribution in [2.75, 3.05) is 45.2 Å². The van der Waals surface area contributed by atoms with Gasteiger partial charge in [0.2, 0.25) is 0 Å². The van der Waals surface area contributed by atoms with Gasteiger partial charge in [-0.05, 0) is 36.4 Å². The van der Waals surface area contributed by atoms with Gasteiger partial charge in [0.25, 0.3) is 5.91 Å². The minimum atomic E-state index is -0.00936. The van der Waals surface area contributed by atoms with E-state index < -0.39 is 0 Å². The number of aliphatic imine (C=N–C) groups is 1. The Bertz CT molecular complexity index is 809. The van der Waals surface area contributed by atoms with Gasteiger partial charge < -0.3 is 25.6 Å². The smallest absolute Gasteiger partial charge is 0.261 e. The Kier molecular flexibility index (Phi) is 7.75. The number of para-hydroxylation sites is 2. The van der Waals surface area contributed by atoms with Crippen molar-refractivity contribution in [3.05, 3.63) is 46.7 Å². The lowest BCUT2D eigenvalue weighted by Crippen LogP contribution is -2.45. The second-order valence-corrected chi connectivity index (χ2v) is 7.78. The second-order valence-electron chi connectivity index (χ2n) is 6.83. The zero-order valence-corrected chi connectivity index (χ0v) is 17.8. The molecule has 0 bridgehead atoms. The zero-order chi connectivity index (χ0) is 20.5. The molecule has 1 aromatic heterocycles. The van der Waals surface area contributed by atoms with Gasteiger partial charge in [-0.1, -0.05) is 18.2 Å². The van der Waals surface area contributed by atoms with E-state index in [2.05, 4.69) is 31.9 Å². The predicted molar refractivity (Wildman–Crippen MR) is 119 cm³/mol. The molecule has 1 amide bonds. The molecule has 0 aliphatic carbocycles. The molecule has 29 heavy (non-hydrogen) atoms. The maximum atomic E-state index is 11.9. The average Bonchev–Trinajstić information content (AvgIpc) is 3.44. The van der Waals surface area contributed by atoms with E-state index >= 15 is 0 Å². The molecule has 3 rings (SSSR count). The zero-order valence-electron chi connectivity index (χ0n) is 17.0. The molecule has 1 atom stereocenters. The molecule has 1 aliphatic heterocycles. The standard InChI is InChI=1S/C21H29N5O2S/c1-22-21(24-12-6-11-23-20(27)19-9-5-14-29-19)25-16-10-13-26(15-16)17-7-3-4-8-18(17)28-2/h3-5,7-9,14,16H,6,10-13,15H2,1-2H3,(H,23,27)(H2,22,24,25). The molecule has 0 saturated carbocycles. The summed E-state index contributed by atoms with van der Waals surface area (Å²) in [7, 11) is 3.49. The van der Waals surface area contributed by atoms with Crippen LogP contribution in [0.5, 0.6) is 5.75 Å². The summed E-state index contributed by atoms with van der Waals surface area (Å²) in [6.07, 6.45) is 1.87. The number of anilines is 1. The number of carbonyl (C=O) groups is 1. The van der Waals surface area contributed by atoms with Crippen LogP contribution in [0.4, 0.5) is 5.69 Å². The van der Waals surface area contributed by atoms with E-state index in [0.29, 0.717) is 12.6 Å². The molecular weight excluding hydrogens is 386 g/mol. The first-order valence-electron chi connectivity index (χ1n) is 9.88. The van der Waals surface area contributed by atoms with Crippen LogP contribution in [0.1, 0.15) is 22.5 Å². The summed E-state index contributed by atoms with van der Waals surface area (Å²) < 4.78 is 5.48. The van der Waals surface area contributed by atoms with Gasteiger partial charge in [-0.3, -0.25) is 9.79 Å². The maximum Gasteiger partial charge on any atom is 0.261 e. The van der Waals surface area contributed by atoms with E-state index in [1.165, 1.54) is 11.3 Å². The van der Waals surface area contributed by atoms with Crippen LogP contribution >= 0.6 is 11.3 Å². The molecule has 1 aliphatic rings. The van der Waals surface area contributed by atoms with Crippen molar-refractivity contribution in [3.8, 4) is 5.75 Å². The highest BCUT2D eigenvalue weighted by Crippen LogP contribution is 2.30. The molecule has 3 N–H and O–H groups in total. The van der Waals surface area contributed by atoms with Crippen LogP contribution in [0, 0.1) is 0 Å². The van der Waals surface area contributed by atoms with Gasteiger partial charge in [-0.2, -0.15) is 0 Å². The fourth-order valence-electron chi connectivity index (χ4n) is 3.37. The van der Waals surface area contributed by atoms with Crippen LogP contribution in [0.25, 0.3) is 0 Å². The van der Waals surface area contributed by atoms with Gasteiger partial charge in [0.15, 0.2) is 5.96 Å². The molecule has 7 nitrogen and oxygen atoms in total. The number of carbonyl (C=O) groups excluding carboxylic acids is 1. The Morgan fingerprint density at radius 1 is 1.24 bits per heavy atom. The van der Waals surface area contributed by atoms with Crippen LogP contribution < -0.4 is 25.6 Å². The monoisotopic (exact) mass is 415 g/mol. The summed E-state index contributed by atoms with van der Waals surface area (Å²) in [4.78, 5) is 19.3. The largest absolute Gasteiger partial charge is 0.495 e. The summed E-state index contributed by atoms with van der Waals surface area (Å²) in [5.41, 5.74) is 1.13. The first kappa shape index (κ1) is 21.0. The average molecular weight is 416 g/mol. The highest BCUT2D eigenvalue weighted by Gasteiger charge is 2.25. The Labute approximate surface area is 176 Å². The lowest BCUT2D eigenvalue weighted by molar-refractivity contribution is 0.0957. The highest BCUT2D eigenvalue weighted by atomic mass is 32.1. The summed E-state index contributed by atoms with van der Waals surface area (Å²) >= 11 is 1.45. The van der Waals surface area contributed by atoms with Gasteiger partial charge in [0, 0.05) is 39.3 Å². The number of amides is 1. The summed E-state index contributed by atoms with van der Waals surface area (Å²) in [6.45, 7) is 3.25. The van der Waals surface area contributed by atoms with Gasteiger partial charge in [-0.25, -0.2) is 0 Å². The Balaban J connectivity index is 1.37. The van der Waals surface area contributed by atoms with Crippen molar-refractivity contribution in [2.45, 2.75) is 18.9 Å². The summed E-state index contributed by atoms with van der Waals surface area (Å²) in [5.74, 6) is 1.69. The topological polar surface area (TPSA) is 78.0 Å². The molecule has 1 aromatic carbocycles. The van der Waals surface area contributed by atoms with E-state index in [1.807, 2.05) is 35.7 Å². The SMILES string of the molecule is CN=C(NCCCNC(=O)c1cccs1)NC1CCN(c2ccccc2OC)C1. The van der Waals surface area contributed by atoms with E-state index in [-0.39, 0.29) is 5.91 Å². The van der Waals surface area contributed by atoms with Crippen molar-refractivity contribution >= 4 is 28.9 Å². The maximum absolute atomic E-state index is 11.9. The molecule has 2 aromatic rings. The van der Waals surface area contributed by atoms with Gasteiger partial charge >= 0.3 is 0 Å². The third kappa shape index (κ3) is 5.87. The molecule has 0 radical (unpaired) electrons. The van der Waals surface area contributed by atoms with E-state index in [4.69, 9.17) is 4.74 Å². The van der Waals surface area contributed by atoms with Crippen molar-refractivity contribution in [1.29, 1.82) is 0 Å². The number of nitrogens with one attached hydrogen (secondary N) is 3. The van der Waals surface area contributed by atoms with Crippen LogP contribution in [0.15, 0.2) is 46.8 Å². The van der Waals surface area contributed by atoms with Crippen molar-refractivity contribution in [3.63, 3.8) is 0 Å². The first-order chi connectivity index (χ1) is 14.2.